The van der Waals surface area contributed by atoms with Crippen LogP contribution in [-0.4, -0.2) is 23.1 Å². The molecule has 2 aromatic carbocycles. The Balaban J connectivity index is 1.66. The first-order valence-electron chi connectivity index (χ1n) is 8.52. The molecule has 0 unspecified atom stereocenters. The maximum atomic E-state index is 13.8. The number of anilines is 1. The Hall–Kier alpha value is -3.02. The maximum absolute atomic E-state index is 13.8. The lowest BCUT2D eigenvalue weighted by Gasteiger charge is -2.20. The molecule has 26 heavy (non-hydrogen) atoms. The molecule has 0 atom stereocenters. The summed E-state index contributed by atoms with van der Waals surface area (Å²) in [5.74, 6) is 0.0485. The van der Waals surface area contributed by atoms with Crippen molar-refractivity contribution in [3.8, 4) is 11.4 Å². The lowest BCUT2D eigenvalue weighted by atomic mass is 10.1. The van der Waals surface area contributed by atoms with Crippen molar-refractivity contribution in [2.24, 2.45) is 0 Å². The summed E-state index contributed by atoms with van der Waals surface area (Å²) < 4.78 is 18.9. The molecule has 3 rings (SSSR count). The number of hydrogen-bond acceptors (Lipinski definition) is 4. The number of aromatic nitrogens is 2. The Morgan fingerprint density at radius 3 is 2.65 bits per heavy atom. The number of carbonyl (C=O) groups excluding carboxylic acids is 1. The fourth-order valence-corrected chi connectivity index (χ4v) is 2.76. The Labute approximate surface area is 151 Å². The van der Waals surface area contributed by atoms with Gasteiger partial charge < -0.3 is 9.42 Å². The van der Waals surface area contributed by atoms with Gasteiger partial charge in [0, 0.05) is 25.6 Å². The van der Waals surface area contributed by atoms with E-state index in [4.69, 9.17) is 4.52 Å². The van der Waals surface area contributed by atoms with Crippen LogP contribution in [0.15, 0.2) is 53.1 Å². The molecule has 0 N–H and O–H groups in total. The fourth-order valence-electron chi connectivity index (χ4n) is 2.76. The second kappa shape index (κ2) is 7.91. The molecular weight excluding hydrogens is 333 g/mol. The highest BCUT2D eigenvalue weighted by molar-refractivity contribution is 5.93. The monoisotopic (exact) mass is 353 g/mol. The number of hydrogen-bond donors (Lipinski definition) is 0. The van der Waals surface area contributed by atoms with Gasteiger partial charge in [-0.15, -0.1) is 0 Å². The maximum Gasteiger partial charge on any atom is 0.227 e. The third kappa shape index (κ3) is 3.79. The van der Waals surface area contributed by atoms with Crippen LogP contribution in [0.4, 0.5) is 10.1 Å². The quantitative estimate of drug-likeness (QED) is 0.671. The standard InChI is InChI=1S/C20H20FN3O2/c1-3-14-8-4-7-11-17(14)24(2)19(25)13-12-18-22-20(23-26-18)15-9-5-6-10-16(15)21/h4-11H,3,12-13H2,1-2H3. The van der Waals surface area contributed by atoms with Crippen LogP contribution in [0.25, 0.3) is 11.4 Å². The zero-order valence-electron chi connectivity index (χ0n) is 14.8. The topological polar surface area (TPSA) is 59.2 Å². The number of amides is 1. The van der Waals surface area contributed by atoms with Crippen LogP contribution < -0.4 is 4.90 Å². The van der Waals surface area contributed by atoms with Gasteiger partial charge in [0.25, 0.3) is 0 Å². The molecule has 0 aliphatic carbocycles. The molecule has 1 amide bonds. The Bertz CT molecular complexity index is 907. The summed E-state index contributed by atoms with van der Waals surface area (Å²) in [7, 11) is 1.76. The molecular formula is C20H20FN3O2. The van der Waals surface area contributed by atoms with Gasteiger partial charge in [-0.3, -0.25) is 4.79 Å². The zero-order valence-corrected chi connectivity index (χ0v) is 14.8. The van der Waals surface area contributed by atoms with Gasteiger partial charge in [-0.05, 0) is 30.2 Å². The van der Waals surface area contributed by atoms with Gasteiger partial charge >= 0.3 is 0 Å². The van der Waals surface area contributed by atoms with E-state index in [0.717, 1.165) is 17.7 Å². The first-order chi connectivity index (χ1) is 12.6. The number of para-hydroxylation sites is 1. The van der Waals surface area contributed by atoms with Gasteiger partial charge in [-0.25, -0.2) is 4.39 Å². The van der Waals surface area contributed by atoms with E-state index in [9.17, 15) is 9.18 Å². The van der Waals surface area contributed by atoms with Crippen molar-refractivity contribution in [1.29, 1.82) is 0 Å². The second-order valence-electron chi connectivity index (χ2n) is 5.93. The average Bonchev–Trinajstić information content (AvgIpc) is 3.14. The smallest absolute Gasteiger partial charge is 0.227 e. The molecule has 0 aliphatic rings. The Morgan fingerprint density at radius 1 is 1.15 bits per heavy atom. The van der Waals surface area contributed by atoms with E-state index in [-0.39, 0.29) is 23.7 Å². The van der Waals surface area contributed by atoms with Crippen molar-refractivity contribution < 1.29 is 13.7 Å². The first-order valence-corrected chi connectivity index (χ1v) is 8.52. The highest BCUT2D eigenvalue weighted by atomic mass is 19.1. The van der Waals surface area contributed by atoms with Crippen LogP contribution in [0.1, 0.15) is 24.8 Å². The summed E-state index contributed by atoms with van der Waals surface area (Å²) in [5.41, 5.74) is 2.29. The lowest BCUT2D eigenvalue weighted by Crippen LogP contribution is -2.27. The van der Waals surface area contributed by atoms with Crippen LogP contribution in [0.2, 0.25) is 0 Å². The highest BCUT2D eigenvalue weighted by Crippen LogP contribution is 2.22. The molecule has 0 bridgehead atoms. The normalized spacial score (nSPS) is 10.7. The minimum Gasteiger partial charge on any atom is -0.339 e. The number of halogens is 1. The molecule has 0 saturated carbocycles. The van der Waals surface area contributed by atoms with Gasteiger partial charge in [0.15, 0.2) is 0 Å². The van der Waals surface area contributed by atoms with Crippen molar-refractivity contribution in [3.05, 3.63) is 65.8 Å². The van der Waals surface area contributed by atoms with Gasteiger partial charge in [0.1, 0.15) is 5.82 Å². The Morgan fingerprint density at radius 2 is 1.88 bits per heavy atom. The summed E-state index contributed by atoms with van der Waals surface area (Å²) in [6.07, 6.45) is 1.38. The molecule has 0 fully saturated rings. The van der Waals surface area contributed by atoms with Crippen LogP contribution in [0.3, 0.4) is 0 Å². The van der Waals surface area contributed by atoms with E-state index in [2.05, 4.69) is 17.1 Å². The molecule has 0 aliphatic heterocycles. The SMILES string of the molecule is CCc1ccccc1N(C)C(=O)CCc1nc(-c2ccccc2F)no1. The molecule has 6 heteroatoms. The number of carbonyl (C=O) groups is 1. The molecule has 3 aromatic rings. The number of rotatable bonds is 6. The largest absolute Gasteiger partial charge is 0.339 e. The van der Waals surface area contributed by atoms with Crippen LogP contribution in [-0.2, 0) is 17.6 Å². The minimum atomic E-state index is -0.410. The van der Waals surface area contributed by atoms with Crippen molar-refractivity contribution in [2.75, 3.05) is 11.9 Å². The van der Waals surface area contributed by atoms with Crippen LogP contribution in [0, 0.1) is 5.82 Å². The summed E-state index contributed by atoms with van der Waals surface area (Å²) >= 11 is 0. The van der Waals surface area contributed by atoms with Crippen LogP contribution in [0.5, 0.6) is 0 Å². The van der Waals surface area contributed by atoms with Gasteiger partial charge in [0.05, 0.1) is 5.56 Å². The van der Waals surface area contributed by atoms with Crippen molar-refractivity contribution >= 4 is 11.6 Å². The van der Waals surface area contributed by atoms with Gasteiger partial charge in [0.2, 0.25) is 17.6 Å². The van der Waals surface area contributed by atoms with Gasteiger partial charge in [-0.2, -0.15) is 4.98 Å². The summed E-state index contributed by atoms with van der Waals surface area (Å²) in [6, 6.07) is 14.1. The van der Waals surface area contributed by atoms with Gasteiger partial charge in [-0.1, -0.05) is 42.4 Å². The molecule has 1 heterocycles. The molecule has 0 saturated heterocycles. The van der Waals surface area contributed by atoms with Crippen molar-refractivity contribution in [3.63, 3.8) is 0 Å². The zero-order chi connectivity index (χ0) is 18.5. The van der Waals surface area contributed by atoms with E-state index >= 15 is 0 Å². The fraction of sp³-hybridized carbons (Fsp3) is 0.250. The number of nitrogens with zero attached hydrogens (tertiary/aromatic N) is 3. The third-order valence-electron chi connectivity index (χ3n) is 4.24. The van der Waals surface area contributed by atoms with E-state index in [1.807, 2.05) is 24.3 Å². The van der Waals surface area contributed by atoms with E-state index < -0.39 is 5.82 Å². The van der Waals surface area contributed by atoms with Crippen LogP contribution >= 0.6 is 0 Å². The molecule has 134 valence electrons. The minimum absolute atomic E-state index is 0.0449. The predicted octanol–water partition coefficient (Wildman–Crippen LogP) is 4.03. The Kier molecular flexibility index (Phi) is 5.41. The highest BCUT2D eigenvalue weighted by Gasteiger charge is 2.17. The van der Waals surface area contributed by atoms with Crippen molar-refractivity contribution in [2.45, 2.75) is 26.2 Å². The summed E-state index contributed by atoms with van der Waals surface area (Å²) in [4.78, 5) is 18.3. The lowest BCUT2D eigenvalue weighted by molar-refractivity contribution is -0.118. The second-order valence-corrected chi connectivity index (χ2v) is 5.93. The number of aryl methyl sites for hydroxylation is 2. The summed E-state index contributed by atoms with van der Waals surface area (Å²) in [6.45, 7) is 2.06. The molecule has 0 spiro atoms. The molecule has 0 radical (unpaired) electrons. The molecule has 5 nitrogen and oxygen atoms in total. The average molecular weight is 353 g/mol. The summed E-state index contributed by atoms with van der Waals surface area (Å²) in [5, 5.41) is 3.80. The van der Waals surface area contributed by atoms with E-state index in [1.54, 1.807) is 30.1 Å². The predicted molar refractivity (Wildman–Crippen MR) is 97.2 cm³/mol. The number of benzene rings is 2. The van der Waals surface area contributed by atoms with E-state index in [1.165, 1.54) is 6.07 Å². The third-order valence-corrected chi connectivity index (χ3v) is 4.24. The molecule has 1 aromatic heterocycles. The van der Waals surface area contributed by atoms with Crippen molar-refractivity contribution in [1.82, 2.24) is 10.1 Å². The van der Waals surface area contributed by atoms with E-state index in [0.29, 0.717) is 12.3 Å². The first kappa shape index (κ1) is 17.8.